The zero-order valence-electron chi connectivity index (χ0n) is 18.0. The molecule has 2 N–H and O–H groups in total. The Morgan fingerprint density at radius 3 is 1.67 bits per heavy atom. The first-order valence-corrected chi connectivity index (χ1v) is 11.1. The second-order valence-electron chi connectivity index (χ2n) is 8.81. The Labute approximate surface area is 166 Å². The van der Waals surface area contributed by atoms with Gasteiger partial charge in [-0.3, -0.25) is 9.80 Å². The minimum absolute atomic E-state index is 0.0330. The largest absolute Gasteiger partial charge is 0.379 e. The van der Waals surface area contributed by atoms with Gasteiger partial charge < -0.3 is 15.4 Å². The van der Waals surface area contributed by atoms with Gasteiger partial charge in [-0.05, 0) is 37.8 Å². The smallest absolute Gasteiger partial charge is 0.314 e. The molecule has 2 fully saturated rings. The van der Waals surface area contributed by atoms with Gasteiger partial charge in [0, 0.05) is 38.3 Å². The second kappa shape index (κ2) is 11.9. The van der Waals surface area contributed by atoms with Crippen LogP contribution in [0.25, 0.3) is 0 Å². The summed E-state index contributed by atoms with van der Waals surface area (Å²) in [4.78, 5) is 17.5. The van der Waals surface area contributed by atoms with Gasteiger partial charge in [-0.2, -0.15) is 0 Å². The molecule has 2 unspecified atom stereocenters. The summed E-state index contributed by atoms with van der Waals surface area (Å²) in [5.74, 6) is 1.05. The van der Waals surface area contributed by atoms with E-state index in [1.807, 2.05) is 0 Å². The Kier molecular flexibility index (Phi) is 9.87. The predicted molar refractivity (Wildman–Crippen MR) is 111 cm³/mol. The molecule has 0 aromatic carbocycles. The number of nitrogens with one attached hydrogen (secondary N) is 2. The average Bonchev–Trinajstić information content (AvgIpc) is 2.92. The minimum atomic E-state index is -0.0330. The number of morpholine rings is 1. The van der Waals surface area contributed by atoms with Crippen molar-refractivity contribution in [3.05, 3.63) is 0 Å². The number of nitrogens with zero attached hydrogens (tertiary/aromatic N) is 2. The van der Waals surface area contributed by atoms with Crippen LogP contribution in [0.4, 0.5) is 4.79 Å². The first-order chi connectivity index (χ1) is 13.0. The molecule has 6 nitrogen and oxygen atoms in total. The van der Waals surface area contributed by atoms with Crippen molar-refractivity contribution in [2.45, 2.75) is 65.5 Å². The third kappa shape index (κ3) is 7.59. The van der Waals surface area contributed by atoms with E-state index in [0.29, 0.717) is 30.5 Å². The Morgan fingerprint density at radius 1 is 0.778 bits per heavy atom. The summed E-state index contributed by atoms with van der Waals surface area (Å²) in [7, 11) is 0. The molecule has 158 valence electrons. The molecule has 2 saturated heterocycles. The molecule has 2 rings (SSSR count). The van der Waals surface area contributed by atoms with Crippen molar-refractivity contribution in [3.63, 3.8) is 0 Å². The zero-order chi connectivity index (χ0) is 19.6. The van der Waals surface area contributed by atoms with E-state index < -0.39 is 0 Å². The van der Waals surface area contributed by atoms with E-state index in [4.69, 9.17) is 4.74 Å². The van der Waals surface area contributed by atoms with Gasteiger partial charge in [-0.15, -0.1) is 0 Å². The number of rotatable bonds is 8. The maximum atomic E-state index is 12.4. The van der Waals surface area contributed by atoms with Gasteiger partial charge in [-0.1, -0.05) is 40.5 Å². The lowest BCUT2D eigenvalue weighted by atomic mass is 10.0. The summed E-state index contributed by atoms with van der Waals surface area (Å²) < 4.78 is 5.46. The van der Waals surface area contributed by atoms with Crippen LogP contribution in [0.2, 0.25) is 0 Å². The summed E-state index contributed by atoms with van der Waals surface area (Å²) in [5.41, 5.74) is 0. The molecule has 2 amide bonds. The molecule has 2 aliphatic heterocycles. The van der Waals surface area contributed by atoms with Crippen LogP contribution in [0.15, 0.2) is 0 Å². The highest BCUT2D eigenvalue weighted by molar-refractivity contribution is 5.73. The number of amides is 2. The summed E-state index contributed by atoms with van der Waals surface area (Å²) in [6, 6.07) is 0.759. The summed E-state index contributed by atoms with van der Waals surface area (Å²) >= 11 is 0. The molecule has 0 spiro atoms. The fraction of sp³-hybridized carbons (Fsp3) is 0.952. The van der Waals surface area contributed by atoms with E-state index in [2.05, 4.69) is 48.1 Å². The van der Waals surface area contributed by atoms with Gasteiger partial charge in [0.1, 0.15) is 0 Å². The molecular formula is C21H42N4O2. The van der Waals surface area contributed by atoms with E-state index in [0.717, 1.165) is 32.8 Å². The van der Waals surface area contributed by atoms with E-state index in [-0.39, 0.29) is 6.03 Å². The standard InChI is InChI=1S/C21H42N4O2/c1-17(2)19(24-9-7-5-6-8-10-24)15-22-21(26)23-16-20(18(3)4)25-11-13-27-14-12-25/h17-20H,5-16H2,1-4H3,(H2,22,23,26). The lowest BCUT2D eigenvalue weighted by Gasteiger charge is -2.37. The topological polar surface area (TPSA) is 56.8 Å². The molecule has 27 heavy (non-hydrogen) atoms. The van der Waals surface area contributed by atoms with Crippen LogP contribution in [0, 0.1) is 11.8 Å². The fourth-order valence-electron chi connectivity index (χ4n) is 4.37. The number of hydrogen-bond acceptors (Lipinski definition) is 4. The van der Waals surface area contributed by atoms with Crippen molar-refractivity contribution < 1.29 is 9.53 Å². The highest BCUT2D eigenvalue weighted by atomic mass is 16.5. The van der Waals surface area contributed by atoms with E-state index in [1.54, 1.807) is 0 Å². The summed E-state index contributed by atoms with van der Waals surface area (Å²) in [6.45, 7) is 16.2. The number of urea groups is 1. The van der Waals surface area contributed by atoms with E-state index >= 15 is 0 Å². The molecular weight excluding hydrogens is 340 g/mol. The van der Waals surface area contributed by atoms with Crippen molar-refractivity contribution in [1.82, 2.24) is 20.4 Å². The Balaban J connectivity index is 1.78. The number of hydrogen-bond donors (Lipinski definition) is 2. The maximum Gasteiger partial charge on any atom is 0.314 e. The van der Waals surface area contributed by atoms with Gasteiger partial charge in [0.25, 0.3) is 0 Å². The number of carbonyl (C=O) groups is 1. The Bertz CT molecular complexity index is 416. The molecule has 6 heteroatoms. The molecule has 2 aliphatic rings. The zero-order valence-corrected chi connectivity index (χ0v) is 18.0. The van der Waals surface area contributed by atoms with Gasteiger partial charge in [0.2, 0.25) is 0 Å². The van der Waals surface area contributed by atoms with E-state index in [1.165, 1.54) is 38.8 Å². The lowest BCUT2D eigenvalue weighted by molar-refractivity contribution is 0.00718. The normalized spacial score (nSPS) is 22.4. The number of carbonyl (C=O) groups excluding carboxylic acids is 1. The molecule has 2 atom stereocenters. The van der Waals surface area contributed by atoms with Crippen molar-refractivity contribution in [3.8, 4) is 0 Å². The Hall–Kier alpha value is -0.850. The molecule has 0 aromatic heterocycles. The summed E-state index contributed by atoms with van der Waals surface area (Å²) in [6.07, 6.45) is 5.25. The quantitative estimate of drug-likeness (QED) is 0.677. The predicted octanol–water partition coefficient (Wildman–Crippen LogP) is 2.54. The number of ether oxygens (including phenoxy) is 1. The summed E-state index contributed by atoms with van der Waals surface area (Å²) in [5, 5.41) is 6.26. The van der Waals surface area contributed by atoms with Crippen LogP contribution in [0.1, 0.15) is 53.4 Å². The van der Waals surface area contributed by atoms with Crippen LogP contribution >= 0.6 is 0 Å². The third-order valence-corrected chi connectivity index (χ3v) is 6.11. The van der Waals surface area contributed by atoms with Crippen molar-refractivity contribution >= 4 is 6.03 Å². The second-order valence-corrected chi connectivity index (χ2v) is 8.81. The third-order valence-electron chi connectivity index (χ3n) is 6.11. The first kappa shape index (κ1) is 22.4. The van der Waals surface area contributed by atoms with Crippen LogP contribution in [0.5, 0.6) is 0 Å². The molecule has 0 aliphatic carbocycles. The lowest BCUT2D eigenvalue weighted by Crippen LogP contribution is -2.53. The highest BCUT2D eigenvalue weighted by Crippen LogP contribution is 2.17. The van der Waals surface area contributed by atoms with Gasteiger partial charge >= 0.3 is 6.03 Å². The average molecular weight is 383 g/mol. The minimum Gasteiger partial charge on any atom is -0.379 e. The van der Waals surface area contributed by atoms with Crippen LogP contribution in [0.3, 0.4) is 0 Å². The fourth-order valence-corrected chi connectivity index (χ4v) is 4.37. The van der Waals surface area contributed by atoms with E-state index in [9.17, 15) is 4.79 Å². The molecule has 0 aromatic rings. The van der Waals surface area contributed by atoms with Crippen molar-refractivity contribution in [1.29, 1.82) is 0 Å². The molecule has 0 radical (unpaired) electrons. The monoisotopic (exact) mass is 382 g/mol. The Morgan fingerprint density at radius 2 is 1.22 bits per heavy atom. The maximum absolute atomic E-state index is 12.4. The van der Waals surface area contributed by atoms with Crippen molar-refractivity contribution in [2.75, 3.05) is 52.5 Å². The molecule has 0 saturated carbocycles. The molecule has 2 heterocycles. The first-order valence-electron chi connectivity index (χ1n) is 11.1. The van der Waals surface area contributed by atoms with Crippen LogP contribution in [-0.2, 0) is 4.74 Å². The van der Waals surface area contributed by atoms with Crippen molar-refractivity contribution in [2.24, 2.45) is 11.8 Å². The highest BCUT2D eigenvalue weighted by Gasteiger charge is 2.25. The van der Waals surface area contributed by atoms with Gasteiger partial charge in [0.05, 0.1) is 13.2 Å². The van der Waals surface area contributed by atoms with Crippen LogP contribution < -0.4 is 10.6 Å². The van der Waals surface area contributed by atoms with Gasteiger partial charge in [-0.25, -0.2) is 4.79 Å². The number of likely N-dealkylation sites (tertiary alicyclic amines) is 1. The molecule has 0 bridgehead atoms. The van der Waals surface area contributed by atoms with Gasteiger partial charge in [0.15, 0.2) is 0 Å². The SMILES string of the molecule is CC(C)C(CNC(=O)NCC(C(C)C)N1CCOCC1)N1CCCCCC1. The van der Waals surface area contributed by atoms with Crippen LogP contribution in [-0.4, -0.2) is 80.4 Å².